The Kier molecular flexibility index (Phi) is 2.47. The maximum atomic E-state index is 9.96. The standard InChI is InChI=1S/C13H20O2/c14-11-5-3-7-13-10(11)8-9-4-1-2-6-12(9)15-13/h9,11-12,14H,1-8H2. The second-order valence-corrected chi connectivity index (χ2v) is 5.26. The van der Waals surface area contributed by atoms with Crippen LogP contribution in [0.4, 0.5) is 0 Å². The van der Waals surface area contributed by atoms with Crippen LogP contribution < -0.4 is 0 Å². The quantitative estimate of drug-likeness (QED) is 0.663. The molecule has 15 heavy (non-hydrogen) atoms. The second kappa shape index (κ2) is 3.82. The van der Waals surface area contributed by atoms with Crippen molar-refractivity contribution in [1.29, 1.82) is 0 Å². The van der Waals surface area contributed by atoms with Gasteiger partial charge in [-0.2, -0.15) is 0 Å². The molecule has 0 radical (unpaired) electrons. The van der Waals surface area contributed by atoms with E-state index < -0.39 is 0 Å². The molecule has 0 amide bonds. The van der Waals surface area contributed by atoms with E-state index in [-0.39, 0.29) is 6.10 Å². The van der Waals surface area contributed by atoms with Gasteiger partial charge in [-0.05, 0) is 50.0 Å². The zero-order chi connectivity index (χ0) is 10.3. The first-order valence-corrected chi connectivity index (χ1v) is 6.41. The van der Waals surface area contributed by atoms with Crippen molar-refractivity contribution in [3.8, 4) is 0 Å². The van der Waals surface area contributed by atoms with Crippen molar-refractivity contribution >= 4 is 0 Å². The SMILES string of the molecule is OC1CCCC2=C1CC1CCCCC1O2. The molecule has 1 N–H and O–H groups in total. The Hall–Kier alpha value is -0.500. The first-order chi connectivity index (χ1) is 7.34. The monoisotopic (exact) mass is 208 g/mol. The average molecular weight is 208 g/mol. The first-order valence-electron chi connectivity index (χ1n) is 6.41. The highest BCUT2D eigenvalue weighted by Gasteiger charge is 2.36. The van der Waals surface area contributed by atoms with Gasteiger partial charge in [0.1, 0.15) is 6.10 Å². The molecule has 2 heteroatoms. The molecule has 2 nitrogen and oxygen atoms in total. The van der Waals surface area contributed by atoms with Crippen LogP contribution in [0.2, 0.25) is 0 Å². The highest BCUT2D eigenvalue weighted by molar-refractivity contribution is 5.20. The van der Waals surface area contributed by atoms with Gasteiger partial charge in [0, 0.05) is 6.42 Å². The Morgan fingerprint density at radius 3 is 2.87 bits per heavy atom. The van der Waals surface area contributed by atoms with Crippen LogP contribution in [-0.4, -0.2) is 17.3 Å². The lowest BCUT2D eigenvalue weighted by Gasteiger charge is -2.41. The Balaban J connectivity index is 1.83. The molecule has 0 aromatic carbocycles. The third-order valence-electron chi connectivity index (χ3n) is 4.26. The predicted molar refractivity (Wildman–Crippen MR) is 58.3 cm³/mol. The molecule has 84 valence electrons. The van der Waals surface area contributed by atoms with Gasteiger partial charge in [0.05, 0.1) is 11.9 Å². The molecule has 0 aromatic heterocycles. The largest absolute Gasteiger partial charge is 0.494 e. The summed E-state index contributed by atoms with van der Waals surface area (Å²) in [5, 5.41) is 9.96. The van der Waals surface area contributed by atoms with Crippen LogP contribution in [0, 0.1) is 5.92 Å². The van der Waals surface area contributed by atoms with Gasteiger partial charge in [-0.3, -0.25) is 0 Å². The van der Waals surface area contributed by atoms with Crippen LogP contribution in [-0.2, 0) is 4.74 Å². The van der Waals surface area contributed by atoms with Gasteiger partial charge < -0.3 is 9.84 Å². The molecule has 0 saturated heterocycles. The minimum Gasteiger partial charge on any atom is -0.494 e. The van der Waals surface area contributed by atoms with Gasteiger partial charge in [0.25, 0.3) is 0 Å². The van der Waals surface area contributed by atoms with E-state index in [4.69, 9.17) is 4.74 Å². The Bertz CT molecular complexity index is 282. The summed E-state index contributed by atoms with van der Waals surface area (Å²) in [6.45, 7) is 0. The van der Waals surface area contributed by atoms with Crippen molar-refractivity contribution in [3.63, 3.8) is 0 Å². The van der Waals surface area contributed by atoms with Crippen molar-refractivity contribution in [2.75, 3.05) is 0 Å². The Morgan fingerprint density at radius 1 is 1.07 bits per heavy atom. The van der Waals surface area contributed by atoms with Crippen LogP contribution in [0.1, 0.15) is 51.4 Å². The molecule has 3 atom stereocenters. The lowest BCUT2D eigenvalue weighted by molar-refractivity contribution is -0.00473. The molecule has 3 rings (SSSR count). The molecule has 1 aliphatic heterocycles. The van der Waals surface area contributed by atoms with E-state index >= 15 is 0 Å². The number of aliphatic hydroxyl groups is 1. The molecule has 3 aliphatic rings. The molecule has 3 unspecified atom stereocenters. The lowest BCUT2D eigenvalue weighted by Crippen LogP contribution is -2.35. The van der Waals surface area contributed by atoms with Crippen LogP contribution in [0.5, 0.6) is 0 Å². The summed E-state index contributed by atoms with van der Waals surface area (Å²) in [6, 6.07) is 0. The van der Waals surface area contributed by atoms with Crippen molar-refractivity contribution in [3.05, 3.63) is 11.3 Å². The van der Waals surface area contributed by atoms with Crippen LogP contribution in [0.25, 0.3) is 0 Å². The van der Waals surface area contributed by atoms with Crippen molar-refractivity contribution in [1.82, 2.24) is 0 Å². The molecule has 0 spiro atoms. The summed E-state index contributed by atoms with van der Waals surface area (Å²) in [7, 11) is 0. The van der Waals surface area contributed by atoms with Crippen LogP contribution >= 0.6 is 0 Å². The van der Waals surface area contributed by atoms with Crippen LogP contribution in [0.15, 0.2) is 11.3 Å². The smallest absolute Gasteiger partial charge is 0.101 e. The fourth-order valence-electron chi connectivity index (χ4n) is 3.39. The lowest BCUT2D eigenvalue weighted by atomic mass is 9.77. The highest BCUT2D eigenvalue weighted by atomic mass is 16.5. The normalized spacial score (nSPS) is 40.5. The van der Waals surface area contributed by atoms with Gasteiger partial charge in [-0.25, -0.2) is 0 Å². The Morgan fingerprint density at radius 2 is 1.93 bits per heavy atom. The molecule has 0 bridgehead atoms. The minimum absolute atomic E-state index is 0.198. The van der Waals surface area contributed by atoms with Gasteiger partial charge in [-0.15, -0.1) is 0 Å². The number of hydrogen-bond donors (Lipinski definition) is 1. The molecule has 0 aromatic rings. The van der Waals surface area contributed by atoms with Gasteiger partial charge in [-0.1, -0.05) is 6.42 Å². The first kappa shape index (κ1) is 9.71. The maximum Gasteiger partial charge on any atom is 0.101 e. The minimum atomic E-state index is -0.198. The third-order valence-corrected chi connectivity index (χ3v) is 4.26. The summed E-state index contributed by atoms with van der Waals surface area (Å²) in [4.78, 5) is 0. The molecular weight excluding hydrogens is 188 g/mol. The molecule has 2 aliphatic carbocycles. The number of rotatable bonds is 0. The number of ether oxygens (including phenoxy) is 1. The van der Waals surface area contributed by atoms with E-state index in [9.17, 15) is 5.11 Å². The fourth-order valence-corrected chi connectivity index (χ4v) is 3.39. The predicted octanol–water partition coefficient (Wildman–Crippen LogP) is 2.76. The van der Waals surface area contributed by atoms with Crippen molar-refractivity contribution in [2.24, 2.45) is 5.92 Å². The molecule has 1 heterocycles. The summed E-state index contributed by atoms with van der Waals surface area (Å²) in [6.07, 6.45) is 9.70. The maximum absolute atomic E-state index is 9.96. The summed E-state index contributed by atoms with van der Waals surface area (Å²) >= 11 is 0. The summed E-state index contributed by atoms with van der Waals surface area (Å²) in [5.74, 6) is 1.85. The number of aliphatic hydroxyl groups excluding tert-OH is 1. The fraction of sp³-hybridized carbons (Fsp3) is 0.846. The van der Waals surface area contributed by atoms with Gasteiger partial charge in [0.2, 0.25) is 0 Å². The number of allylic oxidation sites excluding steroid dienone is 1. The van der Waals surface area contributed by atoms with E-state index in [2.05, 4.69) is 0 Å². The molecular formula is C13H20O2. The van der Waals surface area contributed by atoms with E-state index in [1.165, 1.54) is 31.3 Å². The van der Waals surface area contributed by atoms with Crippen molar-refractivity contribution in [2.45, 2.75) is 63.6 Å². The van der Waals surface area contributed by atoms with Crippen molar-refractivity contribution < 1.29 is 9.84 Å². The van der Waals surface area contributed by atoms with E-state index in [1.807, 2.05) is 0 Å². The van der Waals surface area contributed by atoms with E-state index in [0.29, 0.717) is 12.0 Å². The topological polar surface area (TPSA) is 29.5 Å². The third kappa shape index (κ3) is 1.69. The number of hydrogen-bond acceptors (Lipinski definition) is 2. The highest BCUT2D eigenvalue weighted by Crippen LogP contribution is 2.42. The molecule has 1 fully saturated rings. The summed E-state index contributed by atoms with van der Waals surface area (Å²) in [5.41, 5.74) is 1.24. The average Bonchev–Trinajstić information content (AvgIpc) is 2.27. The van der Waals surface area contributed by atoms with Crippen LogP contribution in [0.3, 0.4) is 0 Å². The zero-order valence-corrected chi connectivity index (χ0v) is 9.24. The zero-order valence-electron chi connectivity index (χ0n) is 9.24. The van der Waals surface area contributed by atoms with E-state index in [0.717, 1.165) is 31.4 Å². The Labute approximate surface area is 91.3 Å². The number of fused-ring (bicyclic) bond motifs is 1. The molecule has 1 saturated carbocycles. The van der Waals surface area contributed by atoms with Gasteiger partial charge >= 0.3 is 0 Å². The second-order valence-electron chi connectivity index (χ2n) is 5.26. The van der Waals surface area contributed by atoms with Gasteiger partial charge in [0.15, 0.2) is 0 Å². The summed E-state index contributed by atoms with van der Waals surface area (Å²) < 4.78 is 6.08. The van der Waals surface area contributed by atoms with E-state index in [1.54, 1.807) is 0 Å².